The third-order valence-corrected chi connectivity index (χ3v) is 3.47. The second-order valence-corrected chi connectivity index (χ2v) is 5.66. The van der Waals surface area contributed by atoms with Crippen LogP contribution in [0.5, 0.6) is 11.8 Å². The molecule has 0 radical (unpaired) electrons. The number of aromatic nitrogens is 4. The predicted molar refractivity (Wildman–Crippen MR) is 125 cm³/mol. The first-order valence-corrected chi connectivity index (χ1v) is 10.5. The Morgan fingerprint density at radius 3 is 1.69 bits per heavy atom. The summed E-state index contributed by atoms with van der Waals surface area (Å²) in [7, 11) is 3.25. The fourth-order valence-electron chi connectivity index (χ4n) is 1.94. The average molecular weight is 447 g/mol. The zero-order valence-electron chi connectivity index (χ0n) is 19.7. The molecule has 0 saturated heterocycles. The standard InChI is InChI=1S/C12H12N2O2.C7H10N2O3.2C2H6/c1-14-8-7-11(13-12(14)15)16-9-10-5-3-2-4-6-10;1-9-3-2-6(8-7(9)11)12-5-4-10;2*1-2/h2-8H,9H2,1H3;2-3,10H,4-5H2,1H3;2*1-2H3. The quantitative estimate of drug-likeness (QED) is 0.620. The molecule has 0 aliphatic carbocycles. The molecular formula is C23H34N4O5. The van der Waals surface area contributed by atoms with Gasteiger partial charge < -0.3 is 23.7 Å². The molecule has 1 N–H and O–H groups in total. The molecule has 0 aliphatic heterocycles. The molecule has 1 aromatic carbocycles. The minimum Gasteiger partial charge on any atom is -0.475 e. The molecule has 176 valence electrons. The van der Waals surface area contributed by atoms with E-state index in [2.05, 4.69) is 9.97 Å². The Balaban J connectivity index is 0.000000536. The molecule has 9 heteroatoms. The van der Waals surface area contributed by atoms with Gasteiger partial charge in [0.15, 0.2) is 0 Å². The van der Waals surface area contributed by atoms with Crippen LogP contribution in [-0.4, -0.2) is 37.4 Å². The monoisotopic (exact) mass is 446 g/mol. The lowest BCUT2D eigenvalue weighted by Gasteiger charge is -2.05. The number of rotatable bonds is 6. The number of benzene rings is 1. The van der Waals surface area contributed by atoms with Gasteiger partial charge >= 0.3 is 11.4 Å². The molecule has 0 unspecified atom stereocenters. The van der Waals surface area contributed by atoms with Crippen LogP contribution in [0.3, 0.4) is 0 Å². The summed E-state index contributed by atoms with van der Waals surface area (Å²) in [5.41, 5.74) is 0.362. The highest BCUT2D eigenvalue weighted by molar-refractivity contribution is 5.15. The first-order valence-electron chi connectivity index (χ1n) is 10.5. The average Bonchev–Trinajstić information content (AvgIpc) is 2.84. The van der Waals surface area contributed by atoms with Crippen LogP contribution >= 0.6 is 0 Å². The highest BCUT2D eigenvalue weighted by atomic mass is 16.5. The Morgan fingerprint density at radius 1 is 0.781 bits per heavy atom. The van der Waals surface area contributed by atoms with Crippen LogP contribution < -0.4 is 20.9 Å². The van der Waals surface area contributed by atoms with Gasteiger partial charge in [0, 0.05) is 38.6 Å². The second-order valence-electron chi connectivity index (χ2n) is 5.66. The molecule has 2 heterocycles. The predicted octanol–water partition coefficient (Wildman–Crippen LogP) is 2.56. The van der Waals surface area contributed by atoms with Crippen LogP contribution in [0.1, 0.15) is 33.3 Å². The van der Waals surface area contributed by atoms with Crippen molar-refractivity contribution in [1.82, 2.24) is 19.1 Å². The summed E-state index contributed by atoms with van der Waals surface area (Å²) in [6, 6.07) is 13.0. The van der Waals surface area contributed by atoms with Gasteiger partial charge in [-0.05, 0) is 5.56 Å². The van der Waals surface area contributed by atoms with Crippen LogP contribution in [-0.2, 0) is 20.7 Å². The summed E-state index contributed by atoms with van der Waals surface area (Å²) in [4.78, 5) is 29.5. The maximum absolute atomic E-state index is 11.2. The van der Waals surface area contributed by atoms with E-state index in [1.807, 2.05) is 58.0 Å². The van der Waals surface area contributed by atoms with Crippen LogP contribution in [0, 0.1) is 0 Å². The fraction of sp³-hybridized carbons (Fsp3) is 0.391. The third kappa shape index (κ3) is 11.1. The maximum Gasteiger partial charge on any atom is 0.350 e. The van der Waals surface area contributed by atoms with Gasteiger partial charge in [-0.15, -0.1) is 0 Å². The highest BCUT2D eigenvalue weighted by Crippen LogP contribution is 2.06. The molecule has 0 fully saturated rings. The van der Waals surface area contributed by atoms with Crippen LogP contribution in [0.15, 0.2) is 64.4 Å². The van der Waals surface area contributed by atoms with E-state index in [0.717, 1.165) is 5.56 Å². The zero-order chi connectivity index (χ0) is 24.4. The minimum atomic E-state index is -0.370. The first-order chi connectivity index (χ1) is 15.5. The minimum absolute atomic E-state index is 0.0864. The van der Waals surface area contributed by atoms with E-state index in [1.165, 1.54) is 9.13 Å². The maximum atomic E-state index is 11.2. The summed E-state index contributed by atoms with van der Waals surface area (Å²) >= 11 is 0. The number of ether oxygens (including phenoxy) is 2. The number of aliphatic hydroxyl groups excluding tert-OH is 1. The fourth-order valence-corrected chi connectivity index (χ4v) is 1.94. The molecular weight excluding hydrogens is 412 g/mol. The number of hydrogen-bond acceptors (Lipinski definition) is 7. The van der Waals surface area contributed by atoms with E-state index in [0.29, 0.717) is 12.5 Å². The van der Waals surface area contributed by atoms with Crippen molar-refractivity contribution in [1.29, 1.82) is 0 Å². The highest BCUT2D eigenvalue weighted by Gasteiger charge is 1.99. The molecule has 3 aromatic rings. The van der Waals surface area contributed by atoms with Gasteiger partial charge in [0.05, 0.1) is 6.61 Å². The Labute approximate surface area is 188 Å². The van der Waals surface area contributed by atoms with E-state index in [4.69, 9.17) is 14.6 Å². The van der Waals surface area contributed by atoms with Gasteiger partial charge in [-0.3, -0.25) is 0 Å². The summed E-state index contributed by atoms with van der Waals surface area (Å²) in [5, 5.41) is 8.42. The lowest BCUT2D eigenvalue weighted by atomic mass is 10.2. The first kappa shape index (κ1) is 28.5. The normalized spacial score (nSPS) is 9.09. The molecule has 0 atom stereocenters. The second kappa shape index (κ2) is 17.2. The third-order valence-electron chi connectivity index (χ3n) is 3.47. The summed E-state index contributed by atoms with van der Waals surface area (Å²) in [5.74, 6) is 0.596. The Kier molecular flexibility index (Phi) is 15.4. The van der Waals surface area contributed by atoms with E-state index < -0.39 is 0 Å². The van der Waals surface area contributed by atoms with Crippen molar-refractivity contribution in [2.75, 3.05) is 13.2 Å². The van der Waals surface area contributed by atoms with Crippen LogP contribution in [0.4, 0.5) is 0 Å². The molecule has 0 bridgehead atoms. The number of aryl methyl sites for hydroxylation is 2. The lowest BCUT2D eigenvalue weighted by molar-refractivity contribution is 0.196. The van der Waals surface area contributed by atoms with E-state index >= 15 is 0 Å². The lowest BCUT2D eigenvalue weighted by Crippen LogP contribution is -2.19. The van der Waals surface area contributed by atoms with Crippen molar-refractivity contribution in [2.24, 2.45) is 14.1 Å². The molecule has 0 saturated carbocycles. The molecule has 32 heavy (non-hydrogen) atoms. The van der Waals surface area contributed by atoms with Crippen molar-refractivity contribution >= 4 is 0 Å². The van der Waals surface area contributed by atoms with E-state index in [9.17, 15) is 9.59 Å². The molecule has 0 amide bonds. The molecule has 0 aliphatic rings. The van der Waals surface area contributed by atoms with Crippen molar-refractivity contribution in [3.05, 3.63) is 81.4 Å². The zero-order valence-corrected chi connectivity index (χ0v) is 19.7. The van der Waals surface area contributed by atoms with Crippen molar-refractivity contribution in [3.63, 3.8) is 0 Å². The van der Waals surface area contributed by atoms with Gasteiger partial charge in [-0.2, -0.15) is 9.97 Å². The number of aliphatic hydroxyl groups is 1. The van der Waals surface area contributed by atoms with E-state index in [1.54, 1.807) is 38.6 Å². The molecule has 2 aromatic heterocycles. The van der Waals surface area contributed by atoms with Gasteiger partial charge in [0.1, 0.15) is 13.2 Å². The van der Waals surface area contributed by atoms with Crippen molar-refractivity contribution in [3.8, 4) is 11.8 Å². The van der Waals surface area contributed by atoms with Crippen molar-refractivity contribution in [2.45, 2.75) is 34.3 Å². The molecule has 0 spiro atoms. The van der Waals surface area contributed by atoms with Gasteiger partial charge in [-0.25, -0.2) is 9.59 Å². The van der Waals surface area contributed by atoms with Gasteiger partial charge in [0.2, 0.25) is 11.8 Å². The molecule has 9 nitrogen and oxygen atoms in total. The number of nitrogens with zero attached hydrogens (tertiary/aromatic N) is 4. The molecule has 3 rings (SSSR count). The largest absolute Gasteiger partial charge is 0.475 e. The summed E-state index contributed by atoms with van der Waals surface area (Å²) in [6.45, 7) is 8.48. The Hall–Kier alpha value is -3.46. The Morgan fingerprint density at radius 2 is 1.25 bits per heavy atom. The summed E-state index contributed by atoms with van der Waals surface area (Å²) < 4.78 is 13.1. The van der Waals surface area contributed by atoms with Gasteiger partial charge in [-0.1, -0.05) is 58.0 Å². The van der Waals surface area contributed by atoms with Crippen LogP contribution in [0.25, 0.3) is 0 Å². The van der Waals surface area contributed by atoms with Gasteiger partial charge in [0.25, 0.3) is 0 Å². The Bertz CT molecular complexity index is 987. The summed E-state index contributed by atoms with van der Waals surface area (Å²) in [6.07, 6.45) is 3.19. The number of hydrogen-bond donors (Lipinski definition) is 1. The van der Waals surface area contributed by atoms with Crippen LogP contribution in [0.2, 0.25) is 0 Å². The van der Waals surface area contributed by atoms with E-state index in [-0.39, 0.29) is 30.5 Å². The topological polar surface area (TPSA) is 108 Å². The smallest absolute Gasteiger partial charge is 0.350 e. The van der Waals surface area contributed by atoms with Crippen molar-refractivity contribution < 1.29 is 14.6 Å². The SMILES string of the molecule is CC.CC.Cn1ccc(OCCO)nc1=O.Cn1ccc(OCc2ccccc2)nc1=O.